The molecule has 0 saturated carbocycles. The molecule has 0 radical (unpaired) electrons. The normalized spacial score (nSPS) is 14.6. The molecule has 5 rings (SSSR count). The fourth-order valence-electron chi connectivity index (χ4n) is 3.72. The SMILES string of the molecule is Fc1ccccc1N1CCN(c2ncnc3c2cnn3-c2ccc(Cl)cc2)CC1. The van der Waals surface area contributed by atoms with Crippen LogP contribution in [0.15, 0.2) is 61.1 Å². The van der Waals surface area contributed by atoms with Crippen molar-refractivity contribution in [1.82, 2.24) is 19.7 Å². The number of para-hydroxylation sites is 1. The minimum Gasteiger partial charge on any atom is -0.366 e. The number of aromatic nitrogens is 4. The van der Waals surface area contributed by atoms with E-state index in [-0.39, 0.29) is 5.82 Å². The first-order chi connectivity index (χ1) is 14.2. The summed E-state index contributed by atoms with van der Waals surface area (Å²) in [5.41, 5.74) is 2.28. The molecule has 4 aromatic rings. The molecule has 1 aliphatic heterocycles. The standard InChI is InChI=1S/C21H18ClFN6/c22-15-5-7-16(8-6-15)29-21-17(13-26-29)20(24-14-25-21)28-11-9-27(10-12-28)19-4-2-1-3-18(19)23/h1-8,13-14H,9-12H2. The Labute approximate surface area is 172 Å². The zero-order valence-corrected chi connectivity index (χ0v) is 16.3. The molecule has 3 heterocycles. The van der Waals surface area contributed by atoms with E-state index in [1.807, 2.05) is 36.4 Å². The highest BCUT2D eigenvalue weighted by Crippen LogP contribution is 2.27. The van der Waals surface area contributed by atoms with Crippen molar-refractivity contribution in [2.24, 2.45) is 0 Å². The van der Waals surface area contributed by atoms with Crippen LogP contribution < -0.4 is 9.80 Å². The smallest absolute Gasteiger partial charge is 0.168 e. The number of rotatable bonds is 3. The van der Waals surface area contributed by atoms with E-state index in [1.54, 1.807) is 23.3 Å². The summed E-state index contributed by atoms with van der Waals surface area (Å²) in [6.45, 7) is 2.93. The molecule has 2 aromatic carbocycles. The maximum Gasteiger partial charge on any atom is 0.168 e. The summed E-state index contributed by atoms with van der Waals surface area (Å²) in [5.74, 6) is 0.665. The topological polar surface area (TPSA) is 50.1 Å². The highest BCUT2D eigenvalue weighted by molar-refractivity contribution is 6.30. The number of fused-ring (bicyclic) bond motifs is 1. The lowest BCUT2D eigenvalue weighted by Gasteiger charge is -2.36. The first-order valence-electron chi connectivity index (χ1n) is 9.40. The molecule has 6 nitrogen and oxygen atoms in total. The maximum absolute atomic E-state index is 14.1. The van der Waals surface area contributed by atoms with Gasteiger partial charge in [-0.25, -0.2) is 19.0 Å². The zero-order chi connectivity index (χ0) is 19.8. The third kappa shape index (κ3) is 3.27. The highest BCUT2D eigenvalue weighted by Gasteiger charge is 2.23. The van der Waals surface area contributed by atoms with Gasteiger partial charge in [0.1, 0.15) is 18.0 Å². The van der Waals surface area contributed by atoms with E-state index in [1.165, 1.54) is 6.07 Å². The Hall–Kier alpha value is -3.19. The van der Waals surface area contributed by atoms with Gasteiger partial charge in [0.05, 0.1) is 23.0 Å². The quantitative estimate of drug-likeness (QED) is 0.514. The van der Waals surface area contributed by atoms with Crippen molar-refractivity contribution in [1.29, 1.82) is 0 Å². The second-order valence-electron chi connectivity index (χ2n) is 6.89. The van der Waals surface area contributed by atoms with Crippen LogP contribution in [0.2, 0.25) is 5.02 Å². The molecule has 8 heteroatoms. The number of benzene rings is 2. The molecule has 0 N–H and O–H groups in total. The molecule has 0 amide bonds. The number of nitrogens with zero attached hydrogens (tertiary/aromatic N) is 6. The molecular weight excluding hydrogens is 391 g/mol. The molecule has 0 bridgehead atoms. The summed E-state index contributed by atoms with van der Waals surface area (Å²) < 4.78 is 15.9. The van der Waals surface area contributed by atoms with E-state index in [4.69, 9.17) is 11.6 Å². The van der Waals surface area contributed by atoms with Crippen LogP contribution in [0.3, 0.4) is 0 Å². The van der Waals surface area contributed by atoms with Crippen LogP contribution in [0.5, 0.6) is 0 Å². The van der Waals surface area contributed by atoms with Crippen LogP contribution in [0.25, 0.3) is 16.7 Å². The number of piperazine rings is 1. The third-order valence-corrected chi connectivity index (χ3v) is 5.44. The zero-order valence-electron chi connectivity index (χ0n) is 15.5. The monoisotopic (exact) mass is 408 g/mol. The van der Waals surface area contributed by atoms with Crippen molar-refractivity contribution in [2.75, 3.05) is 36.0 Å². The van der Waals surface area contributed by atoms with E-state index in [0.717, 1.165) is 48.7 Å². The molecule has 29 heavy (non-hydrogen) atoms. The second-order valence-corrected chi connectivity index (χ2v) is 7.33. The summed E-state index contributed by atoms with van der Waals surface area (Å²) in [5, 5.41) is 6.07. The van der Waals surface area contributed by atoms with Crippen LogP contribution in [-0.4, -0.2) is 45.9 Å². The number of anilines is 2. The van der Waals surface area contributed by atoms with Crippen molar-refractivity contribution < 1.29 is 4.39 Å². The summed E-state index contributed by atoms with van der Waals surface area (Å²) in [6.07, 6.45) is 3.36. The van der Waals surface area contributed by atoms with Gasteiger partial charge in [-0.15, -0.1) is 0 Å². The van der Waals surface area contributed by atoms with Crippen molar-refractivity contribution in [3.63, 3.8) is 0 Å². The molecule has 0 spiro atoms. The van der Waals surface area contributed by atoms with E-state index in [9.17, 15) is 4.39 Å². The summed E-state index contributed by atoms with van der Waals surface area (Å²) >= 11 is 5.99. The van der Waals surface area contributed by atoms with Crippen LogP contribution in [0.4, 0.5) is 15.9 Å². The van der Waals surface area contributed by atoms with Gasteiger partial charge >= 0.3 is 0 Å². The fourth-order valence-corrected chi connectivity index (χ4v) is 3.85. The van der Waals surface area contributed by atoms with Crippen molar-refractivity contribution >= 4 is 34.1 Å². The number of halogens is 2. The minimum absolute atomic E-state index is 0.186. The molecule has 1 fully saturated rings. The average molecular weight is 409 g/mol. The lowest BCUT2D eigenvalue weighted by Crippen LogP contribution is -2.47. The largest absolute Gasteiger partial charge is 0.366 e. The Kier molecular flexibility index (Phi) is 4.52. The Morgan fingerprint density at radius 3 is 2.34 bits per heavy atom. The fraction of sp³-hybridized carbons (Fsp3) is 0.190. The second kappa shape index (κ2) is 7.33. The number of hydrogen-bond acceptors (Lipinski definition) is 5. The van der Waals surface area contributed by atoms with Crippen molar-refractivity contribution in [2.45, 2.75) is 0 Å². The van der Waals surface area contributed by atoms with Gasteiger partial charge in [-0.05, 0) is 36.4 Å². The van der Waals surface area contributed by atoms with Gasteiger partial charge in [0.2, 0.25) is 0 Å². The minimum atomic E-state index is -0.186. The Morgan fingerprint density at radius 2 is 1.59 bits per heavy atom. The molecule has 0 atom stereocenters. The number of hydrogen-bond donors (Lipinski definition) is 0. The van der Waals surface area contributed by atoms with Crippen molar-refractivity contribution in [3.05, 3.63) is 71.9 Å². The van der Waals surface area contributed by atoms with Gasteiger partial charge in [-0.1, -0.05) is 23.7 Å². The molecule has 0 aliphatic carbocycles. The molecular formula is C21H18ClFN6. The summed E-state index contributed by atoms with van der Waals surface area (Å²) in [4.78, 5) is 13.2. The third-order valence-electron chi connectivity index (χ3n) is 5.19. The molecule has 1 saturated heterocycles. The Morgan fingerprint density at radius 1 is 0.862 bits per heavy atom. The van der Waals surface area contributed by atoms with Crippen LogP contribution in [0.1, 0.15) is 0 Å². The van der Waals surface area contributed by atoms with Gasteiger partial charge in [-0.2, -0.15) is 5.10 Å². The molecule has 0 unspecified atom stereocenters. The van der Waals surface area contributed by atoms with Crippen LogP contribution in [-0.2, 0) is 0 Å². The van der Waals surface area contributed by atoms with Gasteiger partial charge in [-0.3, -0.25) is 0 Å². The van der Waals surface area contributed by atoms with Gasteiger partial charge in [0.15, 0.2) is 5.65 Å². The van der Waals surface area contributed by atoms with Crippen molar-refractivity contribution in [3.8, 4) is 5.69 Å². The lowest BCUT2D eigenvalue weighted by atomic mass is 10.2. The first-order valence-corrected chi connectivity index (χ1v) is 9.77. The summed E-state index contributed by atoms with van der Waals surface area (Å²) in [7, 11) is 0. The van der Waals surface area contributed by atoms with Crippen LogP contribution in [0, 0.1) is 5.82 Å². The Balaban J connectivity index is 1.42. The molecule has 146 valence electrons. The lowest BCUT2D eigenvalue weighted by molar-refractivity contribution is 0.596. The molecule has 2 aromatic heterocycles. The Bertz CT molecular complexity index is 1150. The van der Waals surface area contributed by atoms with E-state index in [0.29, 0.717) is 10.7 Å². The van der Waals surface area contributed by atoms with Crippen LogP contribution >= 0.6 is 11.6 Å². The average Bonchev–Trinajstić information content (AvgIpc) is 3.19. The predicted molar refractivity (Wildman–Crippen MR) is 112 cm³/mol. The highest BCUT2D eigenvalue weighted by atomic mass is 35.5. The maximum atomic E-state index is 14.1. The van der Waals surface area contributed by atoms with Gasteiger partial charge < -0.3 is 9.80 Å². The molecule has 1 aliphatic rings. The summed E-state index contributed by atoms with van der Waals surface area (Å²) in [6, 6.07) is 14.4. The van der Waals surface area contributed by atoms with Gasteiger partial charge in [0, 0.05) is 31.2 Å². The predicted octanol–water partition coefficient (Wildman–Crippen LogP) is 3.93. The van der Waals surface area contributed by atoms with E-state index >= 15 is 0 Å². The van der Waals surface area contributed by atoms with Gasteiger partial charge in [0.25, 0.3) is 0 Å². The van der Waals surface area contributed by atoms with E-state index < -0.39 is 0 Å². The van der Waals surface area contributed by atoms with E-state index in [2.05, 4.69) is 24.9 Å². The first kappa shape index (κ1) is 17.9.